The molecule has 0 fully saturated rings. The van der Waals surface area contributed by atoms with Crippen LogP contribution in [0, 0.1) is 13.8 Å². The van der Waals surface area contributed by atoms with Crippen molar-refractivity contribution < 1.29 is 18.0 Å². The topological polar surface area (TPSA) is 0 Å². The van der Waals surface area contributed by atoms with E-state index in [0.717, 1.165) is 0 Å². The van der Waals surface area contributed by atoms with E-state index in [2.05, 4.69) is 132 Å². The van der Waals surface area contributed by atoms with Crippen molar-refractivity contribution in [1.82, 2.24) is 0 Å². The first-order valence-corrected chi connectivity index (χ1v) is 32.6. The molecule has 6 heteroatoms. The van der Waals surface area contributed by atoms with Gasteiger partial charge in [0.2, 0.25) is 0 Å². The molecule has 39 heavy (non-hydrogen) atoms. The van der Waals surface area contributed by atoms with Gasteiger partial charge in [-0.25, -0.2) is 0 Å². The van der Waals surface area contributed by atoms with Gasteiger partial charge in [-0.1, -0.05) is 65.3 Å². The second-order valence-electron chi connectivity index (χ2n) is 12.5. The zero-order valence-electron chi connectivity index (χ0n) is 24.9. The minimum absolute atomic E-state index is 0.557. The molecule has 0 atom stereocenters. The molecule has 0 saturated heterocycles. The molecule has 5 aromatic rings. The summed E-state index contributed by atoms with van der Waals surface area (Å²) < 4.78 is 0. The average molecular weight is 685 g/mol. The number of hydrogen-bond acceptors (Lipinski definition) is 0. The smallest absolute Gasteiger partial charge is 0.0665 e. The third-order valence-corrected chi connectivity index (χ3v) is 29.2. The maximum atomic E-state index is 5.97. The summed E-state index contributed by atoms with van der Waals surface area (Å²) in [5.74, 6) is 0. The van der Waals surface area contributed by atoms with Crippen LogP contribution in [0.2, 0.25) is 45.8 Å². The Morgan fingerprint density at radius 3 is 1.38 bits per heavy atom. The molecule has 0 spiro atoms. The predicted molar refractivity (Wildman–Crippen MR) is 184 cm³/mol. The standard InChI is InChI=1S/2C13H17Si.C7H8Si.2ClH.Zr/c2*1-10-7-11-5-6-13(14(2,3)4)9-12(11)8-10;1-8-7-5-3-2-4-6-7;;;/h2*5-9H,1-4H3;2-6H,1H3;2*1H;/q2*-1;;;;+2/p-2. The van der Waals surface area contributed by atoms with Crippen molar-refractivity contribution in [1.29, 1.82) is 0 Å². The molecule has 0 aromatic heterocycles. The van der Waals surface area contributed by atoms with E-state index < -0.39 is 39.6 Å². The van der Waals surface area contributed by atoms with Crippen molar-refractivity contribution >= 4 is 75.7 Å². The minimum Gasteiger partial charge on any atom is -0.165 e. The predicted octanol–water partition coefficient (Wildman–Crippen LogP) is 9.27. The molecule has 0 unspecified atom stereocenters. The number of halogens is 2. The van der Waals surface area contributed by atoms with Crippen LogP contribution in [0.4, 0.5) is 0 Å². The first-order valence-electron chi connectivity index (χ1n) is 13.6. The Hall–Kier alpha value is -1.01. The van der Waals surface area contributed by atoms with Crippen LogP contribution in [-0.2, 0) is 18.0 Å². The normalized spacial score (nSPS) is 11.5. The fourth-order valence-corrected chi connectivity index (χ4v) is 14.4. The third kappa shape index (κ3) is 9.52. The Morgan fingerprint density at radius 2 is 1.03 bits per heavy atom. The summed E-state index contributed by atoms with van der Waals surface area (Å²) in [6.45, 7) is 20.9. The molecule has 0 aliphatic heterocycles. The van der Waals surface area contributed by atoms with Crippen LogP contribution in [-0.4, -0.2) is 21.6 Å². The van der Waals surface area contributed by atoms with Crippen molar-refractivity contribution in [3.63, 3.8) is 0 Å². The van der Waals surface area contributed by atoms with Gasteiger partial charge in [-0.15, -0.1) is 68.7 Å². The van der Waals surface area contributed by atoms with E-state index >= 15 is 0 Å². The molecule has 5 rings (SSSR count). The number of benzene rings is 3. The van der Waals surface area contributed by atoms with Crippen molar-refractivity contribution in [2.75, 3.05) is 0 Å². The third-order valence-electron chi connectivity index (χ3n) is 6.93. The molecule has 0 saturated carbocycles. The van der Waals surface area contributed by atoms with Crippen LogP contribution < -0.4 is 15.6 Å². The summed E-state index contributed by atoms with van der Waals surface area (Å²) in [6, 6.07) is 33.3. The molecule has 0 aliphatic rings. The minimum atomic E-state index is -1.95. The van der Waals surface area contributed by atoms with E-state index in [9.17, 15) is 0 Å². The molecule has 0 N–H and O–H groups in total. The first kappa shape index (κ1) is 32.5. The van der Waals surface area contributed by atoms with Gasteiger partial charge < -0.3 is 0 Å². The maximum absolute atomic E-state index is 5.97. The van der Waals surface area contributed by atoms with E-state index in [0.29, 0.717) is 0 Å². The summed E-state index contributed by atoms with van der Waals surface area (Å²) in [6.07, 6.45) is 0. The summed E-state index contributed by atoms with van der Waals surface area (Å²) in [4.78, 5) is 0. The summed E-state index contributed by atoms with van der Waals surface area (Å²) >= 11 is -1.95. The van der Waals surface area contributed by atoms with Crippen LogP contribution in [0.1, 0.15) is 11.1 Å². The molecular formula is C33H42Cl2Si3Zr-2. The monoisotopic (exact) mass is 682 g/mol. The largest absolute Gasteiger partial charge is 0.165 e. The molecule has 206 valence electrons. The first-order chi connectivity index (χ1) is 18.1. The number of aryl methyl sites for hydroxylation is 2. The van der Waals surface area contributed by atoms with E-state index in [-0.39, 0.29) is 0 Å². The molecule has 5 aromatic carbocycles. The van der Waals surface area contributed by atoms with Crippen molar-refractivity contribution in [2.24, 2.45) is 0 Å². The van der Waals surface area contributed by atoms with Crippen LogP contribution >= 0.6 is 17.0 Å². The summed E-state index contributed by atoms with van der Waals surface area (Å²) in [7, 11) is 9.66. The Kier molecular flexibility index (Phi) is 11.5. The number of fused-ring (bicyclic) bond motifs is 2. The van der Waals surface area contributed by atoms with E-state index in [1.807, 2.05) is 18.2 Å². The fourth-order valence-electron chi connectivity index (χ4n) is 4.46. The molecule has 0 bridgehead atoms. The van der Waals surface area contributed by atoms with Crippen LogP contribution in [0.3, 0.4) is 0 Å². The van der Waals surface area contributed by atoms with Gasteiger partial charge in [0.05, 0.1) is 16.1 Å². The van der Waals surface area contributed by atoms with Crippen molar-refractivity contribution in [3.8, 4) is 0 Å². The van der Waals surface area contributed by atoms with Gasteiger partial charge in [0.25, 0.3) is 0 Å². The van der Waals surface area contributed by atoms with Gasteiger partial charge in [-0.2, -0.15) is 22.9 Å². The maximum Gasteiger partial charge on any atom is 0.0665 e. The van der Waals surface area contributed by atoms with Crippen LogP contribution in [0.15, 0.2) is 91.0 Å². The zero-order valence-corrected chi connectivity index (χ0v) is 31.9. The Balaban J connectivity index is 0.000000163. The average Bonchev–Trinajstić information content (AvgIpc) is 3.43. The quantitative estimate of drug-likeness (QED) is 0.131. The molecule has 0 radical (unpaired) electrons. The van der Waals surface area contributed by atoms with Gasteiger partial charge in [0.1, 0.15) is 0 Å². The van der Waals surface area contributed by atoms with Crippen LogP contribution in [0.25, 0.3) is 21.5 Å². The molecule has 0 heterocycles. The Labute approximate surface area is 253 Å². The molecule has 0 nitrogen and oxygen atoms in total. The van der Waals surface area contributed by atoms with Gasteiger partial charge >= 0.3 is 82.5 Å². The molecular weight excluding hydrogens is 643 g/mol. The molecule has 0 aliphatic carbocycles. The van der Waals surface area contributed by atoms with Crippen molar-refractivity contribution in [2.45, 2.75) is 59.7 Å². The van der Waals surface area contributed by atoms with Crippen molar-refractivity contribution in [3.05, 3.63) is 102 Å². The van der Waals surface area contributed by atoms with Gasteiger partial charge in [0.15, 0.2) is 0 Å². The second-order valence-corrected chi connectivity index (χ2v) is 43.6. The Bertz CT molecular complexity index is 1470. The van der Waals surface area contributed by atoms with Gasteiger partial charge in [-0.05, 0) is 0 Å². The van der Waals surface area contributed by atoms with Gasteiger partial charge in [0, 0.05) is 0 Å². The van der Waals surface area contributed by atoms with Crippen LogP contribution in [0.5, 0.6) is 0 Å². The number of hydrogen-bond donors (Lipinski definition) is 0. The van der Waals surface area contributed by atoms with E-state index in [1.54, 1.807) is 10.4 Å². The van der Waals surface area contributed by atoms with E-state index in [4.69, 9.17) is 17.0 Å². The van der Waals surface area contributed by atoms with E-state index in [1.165, 1.54) is 37.9 Å². The SMILES string of the molecule is C[Si](c1ccccc1)=[Zr]([Cl])[Cl].Cc1cc2ccc([Si](C)(C)C)cc2[cH-]1.Cc1cc2ccc([Si](C)(C)C)cc2[cH-]1. The van der Waals surface area contributed by atoms with Gasteiger partial charge in [-0.3, -0.25) is 0 Å². The Morgan fingerprint density at radius 1 is 0.615 bits per heavy atom. The second kappa shape index (κ2) is 13.8. The number of rotatable bonds is 3. The zero-order chi connectivity index (χ0) is 29.0. The summed E-state index contributed by atoms with van der Waals surface area (Å²) in [5, 5.41) is 10.0. The summed E-state index contributed by atoms with van der Waals surface area (Å²) in [5.41, 5.74) is 2.18. The fraction of sp³-hybridized carbons (Fsp3) is 0.273. The molecule has 0 amide bonds.